The van der Waals surface area contributed by atoms with Crippen LogP contribution in [0.5, 0.6) is 5.88 Å². The largest absolute Gasteiger partial charge is 0.478 e. The van der Waals surface area contributed by atoms with Crippen molar-refractivity contribution in [3.05, 3.63) is 48.2 Å². The molecule has 3 aromatic rings. The van der Waals surface area contributed by atoms with E-state index in [2.05, 4.69) is 34.2 Å². The van der Waals surface area contributed by atoms with E-state index >= 15 is 0 Å². The van der Waals surface area contributed by atoms with Crippen LogP contribution in [0.1, 0.15) is 39.4 Å². The van der Waals surface area contributed by atoms with Crippen molar-refractivity contribution in [1.29, 1.82) is 0 Å². The molecular formula is C24H29N3O4. The minimum atomic E-state index is -0.514. The molecule has 3 heterocycles. The molecule has 31 heavy (non-hydrogen) atoms. The van der Waals surface area contributed by atoms with Crippen molar-refractivity contribution in [3.63, 3.8) is 0 Å². The van der Waals surface area contributed by atoms with Crippen molar-refractivity contribution in [2.45, 2.75) is 39.4 Å². The molecule has 4 rings (SSSR count). The first-order valence-corrected chi connectivity index (χ1v) is 10.6. The lowest BCUT2D eigenvalue weighted by molar-refractivity contribution is -0.0432. The fraction of sp³-hybridized carbons (Fsp3) is 0.417. The summed E-state index contributed by atoms with van der Waals surface area (Å²) >= 11 is 0. The number of aromatic nitrogens is 2. The average molecular weight is 424 g/mol. The zero-order valence-electron chi connectivity index (χ0n) is 18.5. The Labute approximate surface area is 182 Å². The number of hydrogen-bond acceptors (Lipinski definition) is 5. The summed E-state index contributed by atoms with van der Waals surface area (Å²) in [6.07, 6.45) is 1.32. The minimum absolute atomic E-state index is 0.190. The number of amides is 1. The smallest absolute Gasteiger partial charge is 0.410 e. The van der Waals surface area contributed by atoms with E-state index in [0.29, 0.717) is 32.2 Å². The van der Waals surface area contributed by atoms with Gasteiger partial charge in [-0.05, 0) is 51.5 Å². The van der Waals surface area contributed by atoms with Gasteiger partial charge in [0.25, 0.3) is 0 Å². The predicted octanol–water partition coefficient (Wildman–Crippen LogP) is 4.94. The Morgan fingerprint density at radius 1 is 1.26 bits per heavy atom. The van der Waals surface area contributed by atoms with Gasteiger partial charge >= 0.3 is 6.09 Å². The number of carbonyl (C=O) groups excluding carboxylic acids is 1. The third-order valence-corrected chi connectivity index (χ3v) is 5.08. The van der Waals surface area contributed by atoms with Gasteiger partial charge in [0.15, 0.2) is 0 Å². The Hall–Kier alpha value is -3.06. The van der Waals surface area contributed by atoms with Crippen LogP contribution in [0.2, 0.25) is 0 Å². The first kappa shape index (κ1) is 21.2. The molecule has 164 valence electrons. The summed E-state index contributed by atoms with van der Waals surface area (Å²) in [5.74, 6) is 0.619. The van der Waals surface area contributed by atoms with Crippen molar-refractivity contribution < 1.29 is 19.0 Å². The molecule has 1 atom stereocenters. The number of nitrogens with one attached hydrogen (secondary N) is 1. The van der Waals surface area contributed by atoms with Gasteiger partial charge in [-0.1, -0.05) is 12.1 Å². The van der Waals surface area contributed by atoms with Gasteiger partial charge in [0.05, 0.1) is 19.8 Å². The number of benzene rings is 1. The molecule has 1 aliphatic heterocycles. The molecule has 0 saturated carbocycles. The second-order valence-corrected chi connectivity index (χ2v) is 8.63. The average Bonchev–Trinajstić information content (AvgIpc) is 3.17. The Balaban J connectivity index is 1.52. The lowest BCUT2D eigenvalue weighted by Gasteiger charge is -2.34. The number of H-pyrrole nitrogens is 1. The fourth-order valence-corrected chi connectivity index (χ4v) is 3.62. The Morgan fingerprint density at radius 2 is 2.10 bits per heavy atom. The molecule has 1 aromatic carbocycles. The fourth-order valence-electron chi connectivity index (χ4n) is 3.62. The molecule has 0 aliphatic carbocycles. The molecule has 7 nitrogen and oxygen atoms in total. The van der Waals surface area contributed by atoms with Gasteiger partial charge in [0.1, 0.15) is 11.7 Å². The SMILES string of the molecule is CCOc1ccc(-c2cc3ccc([C@@H]4CN(C(=O)OC(C)(C)C)CCO4)cc3[nH]2)cn1. The van der Waals surface area contributed by atoms with Crippen molar-refractivity contribution in [2.75, 3.05) is 26.3 Å². The van der Waals surface area contributed by atoms with E-state index in [4.69, 9.17) is 14.2 Å². The van der Waals surface area contributed by atoms with Crippen molar-refractivity contribution in [2.24, 2.45) is 0 Å². The monoisotopic (exact) mass is 423 g/mol. The van der Waals surface area contributed by atoms with Gasteiger partial charge in [-0.25, -0.2) is 9.78 Å². The molecule has 1 N–H and O–H groups in total. The third-order valence-electron chi connectivity index (χ3n) is 5.08. The predicted molar refractivity (Wildman–Crippen MR) is 119 cm³/mol. The number of morpholine rings is 1. The Bertz CT molecular complexity index is 1050. The van der Waals surface area contributed by atoms with Gasteiger partial charge in [0.2, 0.25) is 5.88 Å². The van der Waals surface area contributed by atoms with Crippen LogP contribution >= 0.6 is 0 Å². The standard InChI is InChI=1S/C24H29N3O4/c1-5-29-22-9-8-18(14-25-22)20-12-16-6-7-17(13-19(16)26-20)21-15-27(10-11-30-21)23(28)31-24(2,3)4/h6-9,12-14,21,26H,5,10-11,15H2,1-4H3/t21-/m0/s1. The number of hydrogen-bond donors (Lipinski definition) is 1. The van der Waals surface area contributed by atoms with Crippen molar-refractivity contribution >= 4 is 17.0 Å². The topological polar surface area (TPSA) is 76.7 Å². The van der Waals surface area contributed by atoms with E-state index in [0.717, 1.165) is 27.7 Å². The third kappa shape index (κ3) is 4.99. The number of rotatable bonds is 4. The van der Waals surface area contributed by atoms with Crippen LogP contribution < -0.4 is 4.74 Å². The second kappa shape index (κ2) is 8.59. The van der Waals surface area contributed by atoms with Crippen LogP contribution in [0, 0.1) is 0 Å². The number of fused-ring (bicyclic) bond motifs is 1. The molecule has 1 amide bonds. The lowest BCUT2D eigenvalue weighted by Crippen LogP contribution is -2.44. The highest BCUT2D eigenvalue weighted by Gasteiger charge is 2.29. The molecular weight excluding hydrogens is 394 g/mol. The molecule has 0 spiro atoms. The van der Waals surface area contributed by atoms with Gasteiger partial charge < -0.3 is 24.1 Å². The maximum absolute atomic E-state index is 12.5. The first-order chi connectivity index (χ1) is 14.8. The second-order valence-electron chi connectivity index (χ2n) is 8.63. The summed E-state index contributed by atoms with van der Waals surface area (Å²) < 4.78 is 16.9. The number of nitrogens with zero attached hydrogens (tertiary/aromatic N) is 2. The van der Waals surface area contributed by atoms with Crippen LogP contribution in [0.15, 0.2) is 42.6 Å². The van der Waals surface area contributed by atoms with Crippen molar-refractivity contribution in [1.82, 2.24) is 14.9 Å². The lowest BCUT2D eigenvalue weighted by atomic mass is 10.1. The minimum Gasteiger partial charge on any atom is -0.478 e. The maximum Gasteiger partial charge on any atom is 0.410 e. The summed E-state index contributed by atoms with van der Waals surface area (Å²) in [7, 11) is 0. The van der Waals surface area contributed by atoms with Crippen LogP contribution in [-0.2, 0) is 9.47 Å². The normalized spacial score (nSPS) is 17.0. The summed E-state index contributed by atoms with van der Waals surface area (Å²) in [6, 6.07) is 12.2. The van der Waals surface area contributed by atoms with Crippen LogP contribution in [0.4, 0.5) is 4.79 Å². The molecule has 1 aliphatic rings. The van der Waals surface area contributed by atoms with E-state index in [1.165, 1.54) is 0 Å². The Morgan fingerprint density at radius 3 is 2.81 bits per heavy atom. The van der Waals surface area contributed by atoms with Gasteiger partial charge in [-0.2, -0.15) is 0 Å². The van der Waals surface area contributed by atoms with Crippen LogP contribution in [0.3, 0.4) is 0 Å². The van der Waals surface area contributed by atoms with Crippen LogP contribution in [0.25, 0.3) is 22.2 Å². The van der Waals surface area contributed by atoms with E-state index < -0.39 is 5.60 Å². The molecule has 0 radical (unpaired) electrons. The number of pyridine rings is 1. The van der Waals surface area contributed by atoms with E-state index in [1.807, 2.05) is 39.8 Å². The van der Waals surface area contributed by atoms with Gasteiger partial charge in [0, 0.05) is 41.0 Å². The molecule has 7 heteroatoms. The van der Waals surface area contributed by atoms with E-state index in [1.54, 1.807) is 11.1 Å². The molecule has 1 saturated heterocycles. The van der Waals surface area contributed by atoms with Crippen molar-refractivity contribution in [3.8, 4) is 17.1 Å². The van der Waals surface area contributed by atoms with E-state index in [-0.39, 0.29) is 12.2 Å². The quantitative estimate of drug-likeness (QED) is 0.643. The number of aromatic amines is 1. The Kier molecular flexibility index (Phi) is 5.87. The molecule has 1 fully saturated rings. The van der Waals surface area contributed by atoms with Gasteiger partial charge in [-0.3, -0.25) is 0 Å². The highest BCUT2D eigenvalue weighted by atomic mass is 16.6. The summed E-state index contributed by atoms with van der Waals surface area (Å²) in [5, 5.41) is 1.10. The molecule has 2 aromatic heterocycles. The highest BCUT2D eigenvalue weighted by Crippen LogP contribution is 2.29. The maximum atomic E-state index is 12.5. The number of carbonyl (C=O) groups is 1. The summed E-state index contributed by atoms with van der Waals surface area (Å²) in [4.78, 5) is 22.0. The zero-order chi connectivity index (χ0) is 22.0. The van der Waals surface area contributed by atoms with Gasteiger partial charge in [-0.15, -0.1) is 0 Å². The summed E-state index contributed by atoms with van der Waals surface area (Å²) in [5.41, 5.74) is 3.51. The highest BCUT2D eigenvalue weighted by molar-refractivity contribution is 5.86. The number of ether oxygens (including phenoxy) is 3. The summed E-state index contributed by atoms with van der Waals surface area (Å²) in [6.45, 7) is 9.64. The zero-order valence-corrected chi connectivity index (χ0v) is 18.5. The molecule has 0 unspecified atom stereocenters. The molecule has 0 bridgehead atoms. The van der Waals surface area contributed by atoms with Crippen LogP contribution in [-0.4, -0.2) is 52.9 Å². The first-order valence-electron chi connectivity index (χ1n) is 10.6. The van der Waals surface area contributed by atoms with E-state index in [9.17, 15) is 4.79 Å².